The highest BCUT2D eigenvalue weighted by Gasteiger charge is 2.44. The smallest absolute Gasteiger partial charge is 0.278 e. The zero-order valence-electron chi connectivity index (χ0n) is 23.7. The molecule has 2 N–H and O–H groups in total. The van der Waals surface area contributed by atoms with Gasteiger partial charge in [-0.2, -0.15) is 4.98 Å². The SMILES string of the molecule is C=CCn1c(=O)c2cnc(Nc3ccc(N4CC5CC(C4)N5CCOC)cc3)nc2n1-c1cccc(C(C)(C)O)n1. The third-order valence-corrected chi connectivity index (χ3v) is 7.94. The van der Waals surface area contributed by atoms with Gasteiger partial charge in [0, 0.05) is 56.4 Å². The predicted octanol–water partition coefficient (Wildman–Crippen LogP) is 3.04. The standard InChI is InChI=1S/C30H36N8O3/c1-5-13-37-28(39)24-17-31-29(34-27(24)38(37)26-8-6-7-25(33-26)30(2,3)40)32-20-9-11-21(12-10-20)35-18-22-16-23(19-35)36(22)14-15-41-4/h5-12,17,22-23,40H,1,13-16,18-19H2,2-4H3,(H,31,32,34). The van der Waals surface area contributed by atoms with Gasteiger partial charge in [0.05, 0.1) is 18.8 Å². The van der Waals surface area contributed by atoms with Crippen LogP contribution in [0.1, 0.15) is 26.0 Å². The van der Waals surface area contributed by atoms with Crippen LogP contribution in [0.2, 0.25) is 0 Å². The van der Waals surface area contributed by atoms with E-state index < -0.39 is 5.60 Å². The van der Waals surface area contributed by atoms with E-state index in [1.807, 2.05) is 12.1 Å². The molecule has 3 saturated heterocycles. The highest BCUT2D eigenvalue weighted by Crippen LogP contribution is 2.34. The first-order valence-electron chi connectivity index (χ1n) is 13.9. The first-order valence-corrected chi connectivity index (χ1v) is 13.9. The van der Waals surface area contributed by atoms with Gasteiger partial charge in [-0.05, 0) is 56.7 Å². The summed E-state index contributed by atoms with van der Waals surface area (Å²) in [6, 6.07) is 14.8. The molecule has 214 valence electrons. The quantitative estimate of drug-likeness (QED) is 0.285. The molecule has 1 aromatic carbocycles. The van der Waals surface area contributed by atoms with Gasteiger partial charge >= 0.3 is 0 Å². The van der Waals surface area contributed by atoms with Crippen molar-refractivity contribution < 1.29 is 9.84 Å². The van der Waals surface area contributed by atoms with E-state index in [-0.39, 0.29) is 12.1 Å². The van der Waals surface area contributed by atoms with Gasteiger partial charge in [-0.25, -0.2) is 19.3 Å². The number of ether oxygens (including phenoxy) is 1. The third-order valence-electron chi connectivity index (χ3n) is 7.94. The molecule has 4 aromatic rings. The molecule has 11 heteroatoms. The summed E-state index contributed by atoms with van der Waals surface area (Å²) in [4.78, 5) is 32.0. The first-order chi connectivity index (χ1) is 19.8. The molecule has 11 nitrogen and oxygen atoms in total. The number of nitrogens with zero attached hydrogens (tertiary/aromatic N) is 7. The molecular weight excluding hydrogens is 520 g/mol. The van der Waals surface area contributed by atoms with Gasteiger partial charge in [0.2, 0.25) is 5.95 Å². The summed E-state index contributed by atoms with van der Waals surface area (Å²) in [7, 11) is 1.76. The van der Waals surface area contributed by atoms with Crippen LogP contribution in [0.4, 0.5) is 17.3 Å². The number of aromatic nitrogens is 5. The zero-order valence-corrected chi connectivity index (χ0v) is 23.7. The largest absolute Gasteiger partial charge is 0.384 e. The summed E-state index contributed by atoms with van der Waals surface area (Å²) in [6.07, 6.45) is 4.44. The maximum Gasteiger partial charge on any atom is 0.278 e. The Bertz CT molecular complexity index is 1610. The van der Waals surface area contributed by atoms with Gasteiger partial charge in [0.25, 0.3) is 5.56 Å². The van der Waals surface area contributed by atoms with Gasteiger partial charge in [-0.3, -0.25) is 9.69 Å². The van der Waals surface area contributed by atoms with Crippen molar-refractivity contribution in [3.05, 3.63) is 77.4 Å². The maximum atomic E-state index is 13.3. The summed E-state index contributed by atoms with van der Waals surface area (Å²) in [5.74, 6) is 0.828. The van der Waals surface area contributed by atoms with Crippen LogP contribution in [0.3, 0.4) is 0 Å². The van der Waals surface area contributed by atoms with Crippen molar-refractivity contribution in [2.75, 3.05) is 43.6 Å². The van der Waals surface area contributed by atoms with Gasteiger partial charge in [-0.1, -0.05) is 12.1 Å². The molecule has 3 aliphatic rings. The van der Waals surface area contributed by atoms with Crippen LogP contribution in [-0.2, 0) is 16.9 Å². The summed E-state index contributed by atoms with van der Waals surface area (Å²) in [6.45, 7) is 11.2. The molecule has 41 heavy (non-hydrogen) atoms. The van der Waals surface area contributed by atoms with Gasteiger partial charge in [-0.15, -0.1) is 6.58 Å². The second kappa shape index (κ2) is 10.7. The van der Waals surface area contributed by atoms with Crippen molar-refractivity contribution in [1.82, 2.24) is 29.2 Å². The monoisotopic (exact) mass is 556 g/mol. The number of aliphatic hydroxyl groups is 1. The van der Waals surface area contributed by atoms with Crippen LogP contribution >= 0.6 is 0 Å². The molecule has 0 radical (unpaired) electrons. The first kappa shape index (κ1) is 27.1. The minimum atomic E-state index is -1.14. The number of pyridine rings is 1. The van der Waals surface area contributed by atoms with E-state index in [4.69, 9.17) is 9.72 Å². The fourth-order valence-electron chi connectivity index (χ4n) is 5.84. The minimum Gasteiger partial charge on any atom is -0.384 e. The molecule has 2 unspecified atom stereocenters. The van der Waals surface area contributed by atoms with Crippen molar-refractivity contribution >= 4 is 28.4 Å². The molecule has 0 saturated carbocycles. The van der Waals surface area contributed by atoms with E-state index in [1.54, 1.807) is 49.9 Å². The number of methoxy groups -OCH3 is 1. The average molecular weight is 557 g/mol. The van der Waals surface area contributed by atoms with Crippen LogP contribution in [0.15, 0.2) is 66.1 Å². The van der Waals surface area contributed by atoms with Crippen molar-refractivity contribution in [3.8, 4) is 5.82 Å². The predicted molar refractivity (Wildman–Crippen MR) is 159 cm³/mol. The Balaban J connectivity index is 1.25. The molecule has 2 bridgehead atoms. The topological polar surface area (TPSA) is 114 Å². The fourth-order valence-corrected chi connectivity index (χ4v) is 5.84. The average Bonchev–Trinajstić information content (AvgIpc) is 3.24. The number of rotatable bonds is 10. The number of benzene rings is 1. The van der Waals surface area contributed by atoms with Crippen LogP contribution in [0.5, 0.6) is 0 Å². The number of allylic oxidation sites excluding steroid dienone is 1. The van der Waals surface area contributed by atoms with Crippen molar-refractivity contribution in [1.29, 1.82) is 0 Å². The van der Waals surface area contributed by atoms with Crippen LogP contribution in [0.25, 0.3) is 16.9 Å². The Kier molecular flexibility index (Phi) is 7.10. The highest BCUT2D eigenvalue weighted by atomic mass is 16.5. The lowest BCUT2D eigenvalue weighted by Crippen LogP contribution is -2.69. The maximum absolute atomic E-state index is 13.3. The van der Waals surface area contributed by atoms with Crippen LogP contribution in [-0.4, -0.2) is 79.8 Å². The minimum absolute atomic E-state index is 0.244. The lowest BCUT2D eigenvalue weighted by atomic mass is 9.87. The number of hydrogen-bond acceptors (Lipinski definition) is 9. The Morgan fingerprint density at radius 2 is 1.90 bits per heavy atom. The van der Waals surface area contributed by atoms with Crippen LogP contribution in [0, 0.1) is 0 Å². The van der Waals surface area contributed by atoms with Crippen LogP contribution < -0.4 is 15.8 Å². The number of fused-ring (bicyclic) bond motifs is 3. The second-order valence-corrected chi connectivity index (χ2v) is 11.2. The molecule has 3 aliphatic heterocycles. The molecule has 2 atom stereocenters. The third kappa shape index (κ3) is 5.12. The van der Waals surface area contributed by atoms with Crippen molar-refractivity contribution in [2.24, 2.45) is 0 Å². The molecule has 0 aliphatic carbocycles. The molecule has 6 heterocycles. The molecule has 0 amide bonds. The Hall–Kier alpha value is -4.06. The summed E-state index contributed by atoms with van der Waals surface area (Å²) >= 11 is 0. The molecule has 3 fully saturated rings. The second-order valence-electron chi connectivity index (χ2n) is 11.2. The molecule has 0 spiro atoms. The van der Waals surface area contributed by atoms with E-state index in [1.165, 1.54) is 23.0 Å². The van der Waals surface area contributed by atoms with E-state index >= 15 is 0 Å². The zero-order chi connectivity index (χ0) is 28.7. The normalized spacial score (nSPS) is 18.9. The number of hydrogen-bond donors (Lipinski definition) is 2. The van der Waals surface area contributed by atoms with Crippen molar-refractivity contribution in [3.63, 3.8) is 0 Å². The lowest BCUT2D eigenvalue weighted by Gasteiger charge is -2.57. The van der Waals surface area contributed by atoms with E-state index in [9.17, 15) is 9.90 Å². The van der Waals surface area contributed by atoms with E-state index in [2.05, 4.69) is 43.8 Å². The lowest BCUT2D eigenvalue weighted by molar-refractivity contribution is -0.0174. The Labute approximate surface area is 238 Å². The molecule has 7 rings (SSSR count). The Morgan fingerprint density at radius 1 is 1.15 bits per heavy atom. The number of piperazine rings is 1. The van der Waals surface area contributed by atoms with E-state index in [0.29, 0.717) is 40.6 Å². The fraction of sp³-hybridized carbons (Fsp3) is 0.400. The Morgan fingerprint density at radius 3 is 2.59 bits per heavy atom. The van der Waals surface area contributed by atoms with Crippen molar-refractivity contribution in [2.45, 2.75) is 44.5 Å². The summed E-state index contributed by atoms with van der Waals surface area (Å²) in [5, 5.41) is 14.2. The number of piperidine rings is 1. The van der Waals surface area contributed by atoms with E-state index in [0.717, 1.165) is 31.9 Å². The molecule has 3 aromatic heterocycles. The number of nitrogens with one attached hydrogen (secondary N) is 1. The number of anilines is 3. The molecular formula is C30H36N8O3. The summed E-state index contributed by atoms with van der Waals surface area (Å²) < 4.78 is 8.44. The summed E-state index contributed by atoms with van der Waals surface area (Å²) in [5.41, 5.74) is 1.55. The van der Waals surface area contributed by atoms with Gasteiger partial charge in [0.1, 0.15) is 11.0 Å². The van der Waals surface area contributed by atoms with Gasteiger partial charge in [0.15, 0.2) is 11.5 Å². The van der Waals surface area contributed by atoms with Gasteiger partial charge < -0.3 is 20.1 Å². The highest BCUT2D eigenvalue weighted by molar-refractivity contribution is 5.77.